The molecule has 21 heavy (non-hydrogen) atoms. The van der Waals surface area contributed by atoms with Crippen molar-refractivity contribution in [3.8, 4) is 0 Å². The van der Waals surface area contributed by atoms with Crippen molar-refractivity contribution in [2.24, 2.45) is 5.92 Å². The molecule has 0 aromatic carbocycles. The maximum absolute atomic E-state index is 12.1. The molecule has 0 saturated carbocycles. The van der Waals surface area contributed by atoms with Crippen molar-refractivity contribution in [3.63, 3.8) is 0 Å². The Bertz CT molecular complexity index is 527. The highest BCUT2D eigenvalue weighted by molar-refractivity contribution is 7.11. The Morgan fingerprint density at radius 3 is 2.71 bits per heavy atom. The third-order valence-corrected chi connectivity index (χ3v) is 4.69. The molecule has 1 aliphatic rings. The van der Waals surface area contributed by atoms with E-state index < -0.39 is 0 Å². The lowest BCUT2D eigenvalue weighted by Crippen LogP contribution is -2.39. The Morgan fingerprint density at radius 2 is 2.14 bits per heavy atom. The molecule has 2 rings (SSSR count). The number of ether oxygens (including phenoxy) is 1. The zero-order valence-electron chi connectivity index (χ0n) is 12.5. The summed E-state index contributed by atoms with van der Waals surface area (Å²) in [6.07, 6.45) is 4.89. The minimum Gasteiger partial charge on any atom is -0.466 e. The number of rotatable bonds is 4. The zero-order chi connectivity index (χ0) is 15.2. The lowest BCUT2D eigenvalue weighted by molar-refractivity contribution is -0.150. The first kappa shape index (κ1) is 15.8. The van der Waals surface area contributed by atoms with Crippen molar-refractivity contribution < 1.29 is 14.3 Å². The fourth-order valence-corrected chi connectivity index (χ4v) is 3.22. The van der Waals surface area contributed by atoms with Gasteiger partial charge in [-0.25, -0.2) is 0 Å². The number of likely N-dealkylation sites (tertiary alicyclic amines) is 1. The minimum absolute atomic E-state index is 0.0186. The van der Waals surface area contributed by atoms with Crippen LogP contribution in [0.2, 0.25) is 0 Å². The summed E-state index contributed by atoms with van der Waals surface area (Å²) in [4.78, 5) is 26.7. The predicted octanol–water partition coefficient (Wildman–Crippen LogP) is 2.87. The highest BCUT2D eigenvalue weighted by atomic mass is 32.1. The monoisotopic (exact) mass is 307 g/mol. The van der Waals surface area contributed by atoms with Gasteiger partial charge in [-0.15, -0.1) is 11.3 Å². The molecule has 1 aromatic rings. The lowest BCUT2D eigenvalue weighted by Gasteiger charge is -2.30. The molecule has 0 atom stereocenters. The summed E-state index contributed by atoms with van der Waals surface area (Å²) >= 11 is 1.63. The summed E-state index contributed by atoms with van der Waals surface area (Å²) < 4.78 is 5.03. The molecule has 1 aliphatic heterocycles. The van der Waals surface area contributed by atoms with E-state index in [1.807, 2.05) is 31.4 Å². The summed E-state index contributed by atoms with van der Waals surface area (Å²) in [6, 6.07) is 2.04. The SMILES string of the molecule is CCOC(=O)C1CCN(C(=O)/C=C/c2sccc2C)CC1. The number of piperidine rings is 1. The van der Waals surface area contributed by atoms with Gasteiger partial charge in [-0.1, -0.05) is 0 Å². The molecule has 5 heteroatoms. The van der Waals surface area contributed by atoms with Gasteiger partial charge in [0.05, 0.1) is 12.5 Å². The van der Waals surface area contributed by atoms with Gasteiger partial charge in [0.1, 0.15) is 0 Å². The Labute approximate surface area is 129 Å². The molecule has 0 radical (unpaired) electrons. The Kier molecular flexibility index (Phi) is 5.56. The van der Waals surface area contributed by atoms with E-state index in [0.29, 0.717) is 32.5 Å². The summed E-state index contributed by atoms with van der Waals surface area (Å²) in [6.45, 7) is 5.51. The third kappa shape index (κ3) is 4.17. The van der Waals surface area contributed by atoms with Gasteiger partial charge in [0.15, 0.2) is 0 Å². The molecular formula is C16H21NO3S. The van der Waals surface area contributed by atoms with E-state index in [1.54, 1.807) is 22.3 Å². The van der Waals surface area contributed by atoms with Gasteiger partial charge >= 0.3 is 5.97 Å². The molecule has 0 unspecified atom stereocenters. The molecule has 0 spiro atoms. The highest BCUT2D eigenvalue weighted by Gasteiger charge is 2.27. The molecule has 0 aliphatic carbocycles. The van der Waals surface area contributed by atoms with Gasteiger partial charge < -0.3 is 9.64 Å². The standard InChI is InChI=1S/C16H21NO3S/c1-3-20-16(19)13-6-9-17(10-7-13)15(18)5-4-14-12(2)8-11-21-14/h4-5,8,11,13H,3,6-7,9-10H2,1-2H3/b5-4+. The summed E-state index contributed by atoms with van der Waals surface area (Å²) in [5.41, 5.74) is 1.19. The van der Waals surface area contributed by atoms with E-state index in [2.05, 4.69) is 0 Å². The molecule has 4 nitrogen and oxygen atoms in total. The van der Waals surface area contributed by atoms with Gasteiger partial charge in [0.2, 0.25) is 5.91 Å². The number of esters is 1. The summed E-state index contributed by atoms with van der Waals surface area (Å²) in [5, 5.41) is 2.02. The number of thiophene rings is 1. The minimum atomic E-state index is -0.130. The smallest absolute Gasteiger partial charge is 0.309 e. The molecule has 2 heterocycles. The fraction of sp³-hybridized carbons (Fsp3) is 0.500. The number of carbonyl (C=O) groups is 2. The van der Waals surface area contributed by atoms with Crippen LogP contribution in [0, 0.1) is 12.8 Å². The fourth-order valence-electron chi connectivity index (χ4n) is 2.40. The van der Waals surface area contributed by atoms with Crippen LogP contribution in [0.4, 0.5) is 0 Å². The zero-order valence-corrected chi connectivity index (χ0v) is 13.3. The summed E-state index contributed by atoms with van der Waals surface area (Å²) in [5.74, 6) is -0.169. The van der Waals surface area contributed by atoms with Gasteiger partial charge in [-0.2, -0.15) is 0 Å². The van der Waals surface area contributed by atoms with Crippen molar-refractivity contribution >= 4 is 29.3 Å². The number of carbonyl (C=O) groups excluding carboxylic acids is 2. The van der Waals surface area contributed by atoms with E-state index >= 15 is 0 Å². The first-order valence-corrected chi connectivity index (χ1v) is 8.17. The molecule has 114 valence electrons. The molecule has 1 amide bonds. The van der Waals surface area contributed by atoms with Gasteiger partial charge in [0.25, 0.3) is 0 Å². The second-order valence-corrected chi connectivity index (χ2v) is 6.10. The first-order chi connectivity index (χ1) is 10.1. The summed E-state index contributed by atoms with van der Waals surface area (Å²) in [7, 11) is 0. The molecule has 1 aromatic heterocycles. The maximum atomic E-state index is 12.1. The number of amides is 1. The van der Waals surface area contributed by atoms with Crippen molar-refractivity contribution in [2.75, 3.05) is 19.7 Å². The lowest BCUT2D eigenvalue weighted by atomic mass is 9.97. The molecule has 1 saturated heterocycles. The van der Waals surface area contributed by atoms with Crippen LogP contribution in [-0.4, -0.2) is 36.5 Å². The maximum Gasteiger partial charge on any atom is 0.309 e. The van der Waals surface area contributed by atoms with Crippen LogP contribution < -0.4 is 0 Å². The number of aryl methyl sites for hydroxylation is 1. The van der Waals surface area contributed by atoms with Crippen LogP contribution in [0.5, 0.6) is 0 Å². The average molecular weight is 307 g/mol. The van der Waals surface area contributed by atoms with E-state index in [1.165, 1.54) is 5.56 Å². The van der Waals surface area contributed by atoms with Crippen LogP contribution in [0.15, 0.2) is 17.5 Å². The molecule has 0 bridgehead atoms. The highest BCUT2D eigenvalue weighted by Crippen LogP contribution is 2.20. The molecule has 0 N–H and O–H groups in total. The van der Waals surface area contributed by atoms with Gasteiger partial charge in [0, 0.05) is 24.0 Å². The van der Waals surface area contributed by atoms with Crippen LogP contribution >= 0.6 is 11.3 Å². The first-order valence-electron chi connectivity index (χ1n) is 7.29. The second kappa shape index (κ2) is 7.41. The van der Waals surface area contributed by atoms with Crippen molar-refractivity contribution in [1.82, 2.24) is 4.90 Å². The van der Waals surface area contributed by atoms with Gasteiger partial charge in [-0.3, -0.25) is 9.59 Å². The van der Waals surface area contributed by atoms with Crippen LogP contribution in [0.1, 0.15) is 30.2 Å². The van der Waals surface area contributed by atoms with E-state index in [0.717, 1.165) is 4.88 Å². The third-order valence-electron chi connectivity index (χ3n) is 3.71. The topological polar surface area (TPSA) is 46.6 Å². The largest absolute Gasteiger partial charge is 0.466 e. The average Bonchev–Trinajstić information content (AvgIpc) is 2.90. The Balaban J connectivity index is 1.84. The number of hydrogen-bond acceptors (Lipinski definition) is 4. The van der Waals surface area contributed by atoms with Crippen LogP contribution in [-0.2, 0) is 14.3 Å². The van der Waals surface area contributed by atoms with Crippen LogP contribution in [0.25, 0.3) is 6.08 Å². The molecule has 1 fully saturated rings. The van der Waals surface area contributed by atoms with Crippen molar-refractivity contribution in [1.29, 1.82) is 0 Å². The van der Waals surface area contributed by atoms with Gasteiger partial charge in [-0.05, 0) is 49.8 Å². The second-order valence-electron chi connectivity index (χ2n) is 5.15. The van der Waals surface area contributed by atoms with E-state index in [-0.39, 0.29) is 17.8 Å². The van der Waals surface area contributed by atoms with Crippen molar-refractivity contribution in [3.05, 3.63) is 28.0 Å². The van der Waals surface area contributed by atoms with E-state index in [4.69, 9.17) is 4.74 Å². The van der Waals surface area contributed by atoms with Crippen LogP contribution in [0.3, 0.4) is 0 Å². The Hall–Kier alpha value is -1.62. The van der Waals surface area contributed by atoms with Crippen molar-refractivity contribution in [2.45, 2.75) is 26.7 Å². The number of nitrogens with zero attached hydrogens (tertiary/aromatic N) is 1. The Morgan fingerprint density at radius 1 is 1.43 bits per heavy atom. The quantitative estimate of drug-likeness (QED) is 0.635. The number of hydrogen-bond donors (Lipinski definition) is 0. The normalized spacial score (nSPS) is 16.4. The van der Waals surface area contributed by atoms with E-state index in [9.17, 15) is 9.59 Å². The molecular weight excluding hydrogens is 286 g/mol. The predicted molar refractivity (Wildman–Crippen MR) is 84.0 cm³/mol.